The van der Waals surface area contributed by atoms with Crippen molar-refractivity contribution in [3.63, 3.8) is 0 Å². The molecule has 1 aromatic carbocycles. The van der Waals surface area contributed by atoms with Gasteiger partial charge in [-0.15, -0.1) is 0 Å². The first-order chi connectivity index (χ1) is 15.5. The smallest absolute Gasteiger partial charge is 0.290 e. The van der Waals surface area contributed by atoms with E-state index in [4.69, 9.17) is 4.42 Å². The highest BCUT2D eigenvalue weighted by atomic mass is 79.9. The standard InChI is InChI=1S/C24H16BrN3O4/c25-16-6-7-18-15(10-16)11-19(32-18)22(29)20-21(14-4-3-8-26-12-14)28(24(31)23(20)30)13-17-5-1-2-9-27-17/h1-12,21,30H,13H2. The maximum absolute atomic E-state index is 13.5. The molecule has 1 N–H and O–H groups in total. The molecule has 1 aliphatic heterocycles. The highest BCUT2D eigenvalue weighted by molar-refractivity contribution is 9.10. The number of carbonyl (C=O) groups excluding carboxylic acids is 2. The zero-order valence-electron chi connectivity index (χ0n) is 16.6. The Labute approximate surface area is 191 Å². The molecule has 0 bridgehead atoms. The summed E-state index contributed by atoms with van der Waals surface area (Å²) in [7, 11) is 0. The molecule has 1 unspecified atom stereocenters. The monoisotopic (exact) mass is 489 g/mol. The van der Waals surface area contributed by atoms with Gasteiger partial charge in [-0.3, -0.25) is 19.6 Å². The molecular weight excluding hydrogens is 474 g/mol. The van der Waals surface area contributed by atoms with Gasteiger partial charge in [0.2, 0.25) is 5.78 Å². The number of fused-ring (bicyclic) bond motifs is 1. The molecule has 3 aromatic heterocycles. The van der Waals surface area contributed by atoms with Crippen LogP contribution in [0.5, 0.6) is 0 Å². The molecule has 158 valence electrons. The summed E-state index contributed by atoms with van der Waals surface area (Å²) in [5, 5.41) is 11.5. The van der Waals surface area contributed by atoms with Crippen LogP contribution in [0.25, 0.3) is 11.0 Å². The quantitative estimate of drug-likeness (QED) is 0.405. The Morgan fingerprint density at radius 1 is 1.12 bits per heavy atom. The average molecular weight is 490 g/mol. The number of carbonyl (C=O) groups is 2. The zero-order valence-corrected chi connectivity index (χ0v) is 18.2. The fraction of sp³-hybridized carbons (Fsp3) is 0.0833. The molecule has 5 rings (SSSR count). The van der Waals surface area contributed by atoms with Gasteiger partial charge in [0.15, 0.2) is 11.5 Å². The Kier molecular flexibility index (Phi) is 5.07. The Bertz CT molecular complexity index is 1370. The zero-order chi connectivity index (χ0) is 22.2. The molecule has 0 spiro atoms. The molecule has 7 nitrogen and oxygen atoms in total. The molecule has 0 saturated carbocycles. The van der Waals surface area contributed by atoms with Crippen molar-refractivity contribution >= 4 is 38.6 Å². The van der Waals surface area contributed by atoms with Crippen LogP contribution in [0, 0.1) is 0 Å². The van der Waals surface area contributed by atoms with Crippen molar-refractivity contribution in [2.75, 3.05) is 0 Å². The number of furan rings is 1. The van der Waals surface area contributed by atoms with Gasteiger partial charge in [0, 0.05) is 28.4 Å². The van der Waals surface area contributed by atoms with E-state index in [-0.39, 0.29) is 17.9 Å². The van der Waals surface area contributed by atoms with Gasteiger partial charge >= 0.3 is 0 Å². The van der Waals surface area contributed by atoms with Crippen LogP contribution < -0.4 is 0 Å². The van der Waals surface area contributed by atoms with Crippen LogP contribution in [0.4, 0.5) is 0 Å². The first-order valence-electron chi connectivity index (χ1n) is 9.80. The summed E-state index contributed by atoms with van der Waals surface area (Å²) < 4.78 is 6.59. The van der Waals surface area contributed by atoms with Crippen LogP contribution in [0.1, 0.15) is 27.9 Å². The molecule has 1 atom stereocenters. The number of rotatable bonds is 5. The number of Topliss-reactive ketones (excluding diaryl/α,β-unsaturated/α-hetero) is 1. The molecule has 0 radical (unpaired) electrons. The Morgan fingerprint density at radius 2 is 2.00 bits per heavy atom. The summed E-state index contributed by atoms with van der Waals surface area (Å²) in [4.78, 5) is 36.4. The summed E-state index contributed by atoms with van der Waals surface area (Å²) in [5.74, 6) is -1.75. The maximum atomic E-state index is 13.5. The van der Waals surface area contributed by atoms with E-state index in [1.54, 1.807) is 55.0 Å². The molecule has 0 saturated heterocycles. The number of ketones is 1. The summed E-state index contributed by atoms with van der Waals surface area (Å²) in [5.41, 5.74) is 1.72. The largest absolute Gasteiger partial charge is 0.503 e. The lowest BCUT2D eigenvalue weighted by Crippen LogP contribution is -2.31. The average Bonchev–Trinajstić information content (AvgIpc) is 3.34. The minimum Gasteiger partial charge on any atom is -0.503 e. The second-order valence-electron chi connectivity index (χ2n) is 7.33. The van der Waals surface area contributed by atoms with Crippen molar-refractivity contribution in [2.45, 2.75) is 12.6 Å². The SMILES string of the molecule is O=C(C1=C(O)C(=O)N(Cc2ccccn2)C1c1cccnc1)c1cc2cc(Br)ccc2o1. The third-order valence-corrected chi connectivity index (χ3v) is 5.80. The number of hydrogen-bond donors (Lipinski definition) is 1. The molecule has 1 aliphatic rings. The van der Waals surface area contributed by atoms with Crippen molar-refractivity contribution in [3.8, 4) is 0 Å². The van der Waals surface area contributed by atoms with E-state index in [1.165, 1.54) is 4.90 Å². The second kappa shape index (κ2) is 8.05. The fourth-order valence-electron chi connectivity index (χ4n) is 3.86. The highest BCUT2D eigenvalue weighted by Gasteiger charge is 2.44. The van der Waals surface area contributed by atoms with Crippen LogP contribution in [0.15, 0.2) is 93.4 Å². The second-order valence-corrected chi connectivity index (χ2v) is 8.24. The Balaban J connectivity index is 1.59. The molecular formula is C24H16BrN3O4. The third-order valence-electron chi connectivity index (χ3n) is 5.31. The highest BCUT2D eigenvalue weighted by Crippen LogP contribution is 2.40. The summed E-state index contributed by atoms with van der Waals surface area (Å²) in [6.07, 6.45) is 4.80. The predicted molar refractivity (Wildman–Crippen MR) is 120 cm³/mol. The van der Waals surface area contributed by atoms with Crippen molar-refractivity contribution < 1.29 is 19.1 Å². The van der Waals surface area contributed by atoms with Gasteiger partial charge in [-0.25, -0.2) is 0 Å². The maximum Gasteiger partial charge on any atom is 0.290 e. The van der Waals surface area contributed by atoms with Gasteiger partial charge in [0.05, 0.1) is 23.9 Å². The lowest BCUT2D eigenvalue weighted by molar-refractivity contribution is -0.130. The van der Waals surface area contributed by atoms with Gasteiger partial charge in [-0.05, 0) is 48.0 Å². The summed E-state index contributed by atoms with van der Waals surface area (Å²) in [6.45, 7) is 0.118. The molecule has 0 fully saturated rings. The molecule has 8 heteroatoms. The fourth-order valence-corrected chi connectivity index (χ4v) is 4.24. The lowest BCUT2D eigenvalue weighted by atomic mass is 9.96. The minimum atomic E-state index is -0.828. The Morgan fingerprint density at radius 3 is 2.75 bits per heavy atom. The number of aliphatic hydroxyl groups is 1. The molecule has 0 aliphatic carbocycles. The van der Waals surface area contributed by atoms with E-state index in [1.807, 2.05) is 18.2 Å². The van der Waals surface area contributed by atoms with Gasteiger partial charge in [-0.2, -0.15) is 0 Å². The number of pyridine rings is 2. The van der Waals surface area contributed by atoms with Crippen molar-refractivity contribution in [1.29, 1.82) is 0 Å². The number of hydrogen-bond acceptors (Lipinski definition) is 6. The van der Waals surface area contributed by atoms with Gasteiger partial charge < -0.3 is 14.4 Å². The molecule has 32 heavy (non-hydrogen) atoms. The lowest BCUT2D eigenvalue weighted by Gasteiger charge is -2.26. The van der Waals surface area contributed by atoms with Crippen LogP contribution in [-0.4, -0.2) is 31.7 Å². The number of aliphatic hydroxyl groups excluding tert-OH is 1. The third kappa shape index (κ3) is 3.48. The van der Waals surface area contributed by atoms with E-state index in [2.05, 4.69) is 25.9 Å². The summed E-state index contributed by atoms with van der Waals surface area (Å²) in [6, 6.07) is 15.0. The number of aromatic nitrogens is 2. The van der Waals surface area contributed by atoms with E-state index in [9.17, 15) is 14.7 Å². The van der Waals surface area contributed by atoms with Crippen LogP contribution in [0.2, 0.25) is 0 Å². The first kappa shape index (κ1) is 20.1. The number of halogens is 1. The van der Waals surface area contributed by atoms with E-state index in [0.717, 1.165) is 9.86 Å². The Hall–Kier alpha value is -3.78. The van der Waals surface area contributed by atoms with Crippen LogP contribution in [-0.2, 0) is 11.3 Å². The minimum absolute atomic E-state index is 0.0426. The topological polar surface area (TPSA) is 96.5 Å². The van der Waals surface area contributed by atoms with E-state index < -0.39 is 23.5 Å². The summed E-state index contributed by atoms with van der Waals surface area (Å²) >= 11 is 3.40. The predicted octanol–water partition coefficient (Wildman–Crippen LogP) is 4.76. The van der Waals surface area contributed by atoms with E-state index >= 15 is 0 Å². The van der Waals surface area contributed by atoms with Gasteiger partial charge in [0.25, 0.3) is 5.91 Å². The van der Waals surface area contributed by atoms with Gasteiger partial charge in [-0.1, -0.05) is 28.1 Å². The number of benzene rings is 1. The first-order valence-corrected chi connectivity index (χ1v) is 10.6. The van der Waals surface area contributed by atoms with Gasteiger partial charge in [0.1, 0.15) is 5.58 Å². The van der Waals surface area contributed by atoms with Crippen molar-refractivity contribution in [2.24, 2.45) is 0 Å². The number of amides is 1. The molecule has 4 aromatic rings. The normalized spacial score (nSPS) is 16.2. The van der Waals surface area contributed by atoms with E-state index in [0.29, 0.717) is 16.8 Å². The van der Waals surface area contributed by atoms with Crippen LogP contribution in [0.3, 0.4) is 0 Å². The van der Waals surface area contributed by atoms with Crippen molar-refractivity contribution in [1.82, 2.24) is 14.9 Å². The molecule has 1 amide bonds. The number of nitrogens with zero attached hydrogens (tertiary/aromatic N) is 3. The molecule has 4 heterocycles. The van der Waals surface area contributed by atoms with Crippen molar-refractivity contribution in [3.05, 3.63) is 106 Å². The van der Waals surface area contributed by atoms with Crippen LogP contribution >= 0.6 is 15.9 Å².